The minimum absolute atomic E-state index is 0.0316. The van der Waals surface area contributed by atoms with Gasteiger partial charge in [0.1, 0.15) is 0 Å². The number of hydrogen-bond acceptors (Lipinski definition) is 3. The SMILES string of the molecule is CCC(NC(=O)CCCN(c1cccc(Cl)c1C)S(C)(=O)=O)c1ccc2c(c1)CCCC2. The van der Waals surface area contributed by atoms with Gasteiger partial charge in [0.05, 0.1) is 18.0 Å². The van der Waals surface area contributed by atoms with Crippen LogP contribution in [0.4, 0.5) is 5.69 Å². The number of aryl methyl sites for hydroxylation is 2. The summed E-state index contributed by atoms with van der Waals surface area (Å²) in [7, 11) is -3.49. The van der Waals surface area contributed by atoms with Gasteiger partial charge >= 0.3 is 0 Å². The second-order valence-corrected chi connectivity index (χ2v) is 10.9. The molecule has 2 aromatic carbocycles. The Hall–Kier alpha value is -2.05. The van der Waals surface area contributed by atoms with Crippen molar-refractivity contribution in [2.75, 3.05) is 17.1 Å². The molecule has 0 heterocycles. The van der Waals surface area contributed by atoms with Crippen LogP contribution in [0.5, 0.6) is 0 Å². The van der Waals surface area contributed by atoms with Crippen LogP contribution in [0.25, 0.3) is 0 Å². The molecule has 0 spiro atoms. The van der Waals surface area contributed by atoms with E-state index >= 15 is 0 Å². The van der Waals surface area contributed by atoms with Gasteiger partial charge in [0.2, 0.25) is 15.9 Å². The number of hydrogen-bond donors (Lipinski definition) is 1. The fourth-order valence-electron chi connectivity index (χ4n) is 4.37. The standard InChI is InChI=1S/C25H33ClN2O3S/c1-4-23(21-15-14-19-9-5-6-10-20(19)17-21)27-25(29)13-8-16-28(32(3,30)31)24-12-7-11-22(26)18(24)2/h7,11-12,14-15,17,23H,4-6,8-10,13,16H2,1-3H3,(H,27,29). The van der Waals surface area contributed by atoms with Crippen LogP contribution in [0.3, 0.4) is 0 Å². The second-order valence-electron chi connectivity index (χ2n) is 8.59. The number of anilines is 1. The quantitative estimate of drug-likeness (QED) is 0.531. The molecule has 0 saturated carbocycles. The number of halogens is 1. The third kappa shape index (κ3) is 6.04. The molecule has 174 valence electrons. The third-order valence-electron chi connectivity index (χ3n) is 6.19. The highest BCUT2D eigenvalue weighted by atomic mass is 35.5. The fraction of sp³-hybridized carbons (Fsp3) is 0.480. The molecule has 1 unspecified atom stereocenters. The smallest absolute Gasteiger partial charge is 0.232 e. The zero-order valence-corrected chi connectivity index (χ0v) is 20.7. The normalized spacial score (nSPS) is 14.5. The molecule has 32 heavy (non-hydrogen) atoms. The Balaban J connectivity index is 1.62. The number of rotatable bonds is 9. The van der Waals surface area contributed by atoms with E-state index < -0.39 is 10.0 Å². The largest absolute Gasteiger partial charge is 0.349 e. The number of fused-ring (bicyclic) bond motifs is 1. The van der Waals surface area contributed by atoms with Gasteiger partial charge in [0, 0.05) is 18.0 Å². The molecule has 0 bridgehead atoms. The van der Waals surface area contributed by atoms with Gasteiger partial charge in [-0.1, -0.05) is 42.8 Å². The Bertz CT molecular complexity index is 1070. The van der Waals surface area contributed by atoms with Crippen molar-refractivity contribution < 1.29 is 13.2 Å². The van der Waals surface area contributed by atoms with Gasteiger partial charge in [-0.2, -0.15) is 0 Å². The first-order valence-electron chi connectivity index (χ1n) is 11.3. The molecular weight excluding hydrogens is 444 g/mol. The molecule has 0 fully saturated rings. The van der Waals surface area contributed by atoms with Gasteiger partial charge in [-0.15, -0.1) is 0 Å². The predicted molar refractivity (Wildman–Crippen MR) is 132 cm³/mol. The van der Waals surface area contributed by atoms with E-state index in [1.165, 1.54) is 34.5 Å². The molecule has 1 atom stereocenters. The summed E-state index contributed by atoms with van der Waals surface area (Å²) < 4.78 is 26.1. The zero-order chi connectivity index (χ0) is 23.3. The van der Waals surface area contributed by atoms with Crippen molar-refractivity contribution in [3.63, 3.8) is 0 Å². The maximum Gasteiger partial charge on any atom is 0.232 e. The van der Waals surface area contributed by atoms with E-state index in [9.17, 15) is 13.2 Å². The summed E-state index contributed by atoms with van der Waals surface area (Å²) in [5.41, 5.74) is 5.25. The Kier molecular flexibility index (Phi) is 8.23. The number of benzene rings is 2. The fourth-order valence-corrected chi connectivity index (χ4v) is 5.56. The van der Waals surface area contributed by atoms with Crippen LogP contribution in [0.15, 0.2) is 36.4 Å². The molecule has 0 aromatic heterocycles. The molecule has 1 N–H and O–H groups in total. The third-order valence-corrected chi connectivity index (χ3v) is 7.78. The minimum atomic E-state index is -3.49. The molecule has 0 aliphatic heterocycles. The van der Waals surface area contributed by atoms with Crippen LogP contribution in [-0.4, -0.2) is 27.1 Å². The van der Waals surface area contributed by atoms with Crippen molar-refractivity contribution in [3.05, 3.63) is 63.7 Å². The number of sulfonamides is 1. The Morgan fingerprint density at radius 2 is 1.88 bits per heavy atom. The predicted octanol–water partition coefficient (Wildman–Crippen LogP) is 5.34. The lowest BCUT2D eigenvalue weighted by molar-refractivity contribution is -0.121. The van der Waals surface area contributed by atoms with Crippen LogP contribution in [0, 0.1) is 6.92 Å². The van der Waals surface area contributed by atoms with Crippen LogP contribution < -0.4 is 9.62 Å². The first kappa shape index (κ1) is 24.6. The molecule has 5 nitrogen and oxygen atoms in total. The summed E-state index contributed by atoms with van der Waals surface area (Å²) in [5.74, 6) is -0.0640. The maximum atomic E-state index is 12.7. The van der Waals surface area contributed by atoms with Crippen molar-refractivity contribution in [3.8, 4) is 0 Å². The highest BCUT2D eigenvalue weighted by Gasteiger charge is 2.21. The van der Waals surface area contributed by atoms with Crippen molar-refractivity contribution >= 4 is 33.2 Å². The average molecular weight is 477 g/mol. The number of carbonyl (C=O) groups is 1. The minimum Gasteiger partial charge on any atom is -0.349 e. The Labute approximate surface area is 197 Å². The highest BCUT2D eigenvalue weighted by molar-refractivity contribution is 7.92. The van der Waals surface area contributed by atoms with E-state index in [2.05, 4.69) is 30.4 Å². The van der Waals surface area contributed by atoms with Crippen LogP contribution in [0.1, 0.15) is 67.3 Å². The van der Waals surface area contributed by atoms with Gasteiger partial charge in [-0.25, -0.2) is 8.42 Å². The van der Waals surface area contributed by atoms with Gasteiger partial charge in [-0.3, -0.25) is 9.10 Å². The van der Waals surface area contributed by atoms with Gasteiger partial charge < -0.3 is 5.32 Å². The lowest BCUT2D eigenvalue weighted by Gasteiger charge is -2.25. The number of carbonyl (C=O) groups excluding carboxylic acids is 1. The Morgan fingerprint density at radius 1 is 1.16 bits per heavy atom. The van der Waals surface area contributed by atoms with Crippen molar-refractivity contribution in [2.45, 2.75) is 64.8 Å². The van der Waals surface area contributed by atoms with Gasteiger partial charge in [0.15, 0.2) is 0 Å². The Morgan fingerprint density at radius 3 is 2.56 bits per heavy atom. The van der Waals surface area contributed by atoms with Crippen LogP contribution in [0.2, 0.25) is 5.02 Å². The average Bonchev–Trinajstić information content (AvgIpc) is 2.76. The number of amides is 1. The number of nitrogens with zero attached hydrogens (tertiary/aromatic N) is 1. The van der Waals surface area contributed by atoms with Crippen LogP contribution in [-0.2, 0) is 27.7 Å². The van der Waals surface area contributed by atoms with E-state index in [-0.39, 0.29) is 24.9 Å². The molecule has 7 heteroatoms. The van der Waals surface area contributed by atoms with Crippen molar-refractivity contribution in [2.24, 2.45) is 0 Å². The molecule has 1 aliphatic rings. The van der Waals surface area contributed by atoms with Crippen LogP contribution >= 0.6 is 11.6 Å². The van der Waals surface area contributed by atoms with E-state index in [0.717, 1.165) is 24.8 Å². The summed E-state index contributed by atoms with van der Waals surface area (Å²) in [6, 6.07) is 11.8. The summed E-state index contributed by atoms with van der Waals surface area (Å²) in [4.78, 5) is 12.7. The van der Waals surface area contributed by atoms with E-state index in [1.807, 2.05) is 0 Å². The molecule has 2 aromatic rings. The van der Waals surface area contributed by atoms with Crippen molar-refractivity contribution in [1.29, 1.82) is 0 Å². The molecule has 3 rings (SSSR count). The van der Waals surface area contributed by atoms with E-state index in [4.69, 9.17) is 11.6 Å². The lowest BCUT2D eigenvalue weighted by Crippen LogP contribution is -2.33. The monoisotopic (exact) mass is 476 g/mol. The summed E-state index contributed by atoms with van der Waals surface area (Å²) in [6.07, 6.45) is 7.39. The molecule has 0 radical (unpaired) electrons. The topological polar surface area (TPSA) is 66.5 Å². The second kappa shape index (κ2) is 10.7. The van der Waals surface area contributed by atoms with Gasteiger partial charge in [0.25, 0.3) is 0 Å². The summed E-state index contributed by atoms with van der Waals surface area (Å²) in [5, 5.41) is 3.65. The summed E-state index contributed by atoms with van der Waals surface area (Å²) in [6.45, 7) is 4.09. The van der Waals surface area contributed by atoms with Crippen molar-refractivity contribution in [1.82, 2.24) is 5.32 Å². The van der Waals surface area contributed by atoms with E-state index in [0.29, 0.717) is 22.7 Å². The summed E-state index contributed by atoms with van der Waals surface area (Å²) >= 11 is 6.18. The maximum absolute atomic E-state index is 12.7. The van der Waals surface area contributed by atoms with Gasteiger partial charge in [-0.05, 0) is 79.8 Å². The lowest BCUT2D eigenvalue weighted by atomic mass is 9.89. The zero-order valence-electron chi connectivity index (χ0n) is 19.2. The number of nitrogens with one attached hydrogen (secondary N) is 1. The molecular formula is C25H33ClN2O3S. The first-order valence-corrected chi connectivity index (χ1v) is 13.6. The molecule has 0 saturated heterocycles. The molecule has 1 amide bonds. The molecule has 1 aliphatic carbocycles. The highest BCUT2D eigenvalue weighted by Crippen LogP contribution is 2.29. The first-order chi connectivity index (χ1) is 15.2. The van der Waals surface area contributed by atoms with E-state index in [1.54, 1.807) is 25.1 Å².